The monoisotopic (exact) mass is 380 g/mol. The third-order valence-electron chi connectivity index (χ3n) is 5.13. The summed E-state index contributed by atoms with van der Waals surface area (Å²) in [6.07, 6.45) is 0. The first-order valence-corrected chi connectivity index (χ1v) is 9.66. The molecule has 2 aromatic carbocycles. The van der Waals surface area contributed by atoms with E-state index in [0.29, 0.717) is 12.2 Å². The van der Waals surface area contributed by atoms with Crippen LogP contribution in [0.5, 0.6) is 0 Å². The van der Waals surface area contributed by atoms with E-state index in [-0.39, 0.29) is 6.04 Å². The first kappa shape index (κ1) is 20.0. The summed E-state index contributed by atoms with van der Waals surface area (Å²) in [5.41, 5.74) is 2.96. The molecular weight excluding hydrogens is 352 g/mol. The van der Waals surface area contributed by atoms with Crippen LogP contribution in [0.3, 0.4) is 0 Å². The van der Waals surface area contributed by atoms with Crippen molar-refractivity contribution in [1.29, 1.82) is 0 Å². The third-order valence-corrected chi connectivity index (χ3v) is 5.13. The number of benzene rings is 2. The number of likely N-dealkylation sites (N-methyl/N-ethyl adjacent to an activating group) is 1. The van der Waals surface area contributed by atoms with Gasteiger partial charge in [0.15, 0.2) is 0 Å². The maximum Gasteiger partial charge on any atom is 0.313 e. The van der Waals surface area contributed by atoms with Crippen LogP contribution in [0.4, 0.5) is 5.69 Å². The van der Waals surface area contributed by atoms with Gasteiger partial charge in [-0.15, -0.1) is 0 Å². The predicted octanol–water partition coefficient (Wildman–Crippen LogP) is 2.04. The molecule has 6 heteroatoms. The molecule has 0 radical (unpaired) electrons. The largest absolute Gasteiger partial charge is 0.346 e. The van der Waals surface area contributed by atoms with Crippen molar-refractivity contribution in [2.24, 2.45) is 0 Å². The standard InChI is InChI=1S/C22H28N4O2/c1-17-8-10-18(11-9-17)20(26-14-12-25(2)13-15-26)16-23-21(27)22(28)24-19-6-4-3-5-7-19/h3-11,20H,12-16H2,1-2H3,(H,23,27)(H,24,28)/t20-/m1/s1. The van der Waals surface area contributed by atoms with Gasteiger partial charge >= 0.3 is 11.8 Å². The first-order valence-electron chi connectivity index (χ1n) is 9.66. The topological polar surface area (TPSA) is 64.7 Å². The Morgan fingerprint density at radius 3 is 2.21 bits per heavy atom. The van der Waals surface area contributed by atoms with Crippen molar-refractivity contribution in [3.63, 3.8) is 0 Å². The highest BCUT2D eigenvalue weighted by molar-refractivity contribution is 6.39. The van der Waals surface area contributed by atoms with E-state index in [2.05, 4.69) is 58.7 Å². The molecule has 1 saturated heterocycles. The van der Waals surface area contributed by atoms with Crippen LogP contribution >= 0.6 is 0 Å². The number of anilines is 1. The second-order valence-corrected chi connectivity index (χ2v) is 7.30. The van der Waals surface area contributed by atoms with E-state index in [4.69, 9.17) is 0 Å². The van der Waals surface area contributed by atoms with Crippen LogP contribution in [0.2, 0.25) is 0 Å². The Hall–Kier alpha value is -2.70. The Morgan fingerprint density at radius 1 is 0.929 bits per heavy atom. The van der Waals surface area contributed by atoms with Gasteiger partial charge in [-0.2, -0.15) is 0 Å². The van der Waals surface area contributed by atoms with Gasteiger partial charge < -0.3 is 15.5 Å². The van der Waals surface area contributed by atoms with E-state index in [0.717, 1.165) is 31.7 Å². The van der Waals surface area contributed by atoms with Crippen molar-refractivity contribution in [1.82, 2.24) is 15.1 Å². The van der Waals surface area contributed by atoms with Crippen molar-refractivity contribution in [2.75, 3.05) is 45.1 Å². The molecule has 0 aliphatic carbocycles. The zero-order chi connectivity index (χ0) is 19.9. The fourth-order valence-corrected chi connectivity index (χ4v) is 3.36. The maximum atomic E-state index is 12.3. The van der Waals surface area contributed by atoms with Gasteiger partial charge in [0.25, 0.3) is 0 Å². The summed E-state index contributed by atoms with van der Waals surface area (Å²) in [4.78, 5) is 29.2. The number of piperazine rings is 1. The average Bonchev–Trinajstić information content (AvgIpc) is 2.71. The van der Waals surface area contributed by atoms with Gasteiger partial charge in [0.2, 0.25) is 0 Å². The molecule has 28 heavy (non-hydrogen) atoms. The van der Waals surface area contributed by atoms with Gasteiger partial charge in [-0.1, -0.05) is 48.0 Å². The van der Waals surface area contributed by atoms with E-state index >= 15 is 0 Å². The fourth-order valence-electron chi connectivity index (χ4n) is 3.36. The number of hydrogen-bond acceptors (Lipinski definition) is 4. The molecule has 0 aromatic heterocycles. The third kappa shape index (κ3) is 5.41. The Kier molecular flexibility index (Phi) is 6.79. The van der Waals surface area contributed by atoms with Crippen molar-refractivity contribution in [3.05, 3.63) is 65.7 Å². The van der Waals surface area contributed by atoms with E-state index in [1.165, 1.54) is 5.56 Å². The van der Waals surface area contributed by atoms with Gasteiger partial charge in [0.05, 0.1) is 6.04 Å². The minimum absolute atomic E-state index is 0.0442. The number of carbonyl (C=O) groups is 2. The Balaban J connectivity index is 1.64. The molecule has 0 unspecified atom stereocenters. The molecule has 0 bridgehead atoms. The summed E-state index contributed by atoms with van der Waals surface area (Å²) in [7, 11) is 2.12. The molecule has 2 N–H and O–H groups in total. The Labute approximate surface area is 166 Å². The highest BCUT2D eigenvalue weighted by atomic mass is 16.2. The number of nitrogens with zero attached hydrogens (tertiary/aromatic N) is 2. The minimum Gasteiger partial charge on any atom is -0.346 e. The summed E-state index contributed by atoms with van der Waals surface area (Å²) >= 11 is 0. The lowest BCUT2D eigenvalue weighted by Crippen LogP contribution is -2.49. The van der Waals surface area contributed by atoms with Crippen molar-refractivity contribution >= 4 is 17.5 Å². The smallest absolute Gasteiger partial charge is 0.313 e. The van der Waals surface area contributed by atoms with Crippen molar-refractivity contribution in [2.45, 2.75) is 13.0 Å². The summed E-state index contributed by atoms with van der Waals surface area (Å²) in [6.45, 7) is 6.30. The van der Waals surface area contributed by atoms with Gasteiger partial charge in [-0.05, 0) is 31.7 Å². The van der Waals surface area contributed by atoms with Gasteiger partial charge in [-0.3, -0.25) is 14.5 Å². The lowest BCUT2D eigenvalue weighted by Gasteiger charge is -2.38. The quantitative estimate of drug-likeness (QED) is 0.779. The summed E-state index contributed by atoms with van der Waals surface area (Å²) in [5.74, 6) is -1.26. The van der Waals surface area contributed by atoms with Gasteiger partial charge in [0, 0.05) is 38.4 Å². The molecule has 1 heterocycles. The SMILES string of the molecule is Cc1ccc([C@@H](CNC(=O)C(=O)Nc2ccccc2)N2CCN(C)CC2)cc1. The number of amides is 2. The van der Waals surface area contributed by atoms with Crippen LogP contribution in [0, 0.1) is 6.92 Å². The van der Waals surface area contributed by atoms with E-state index < -0.39 is 11.8 Å². The molecule has 0 saturated carbocycles. The molecule has 1 atom stereocenters. The van der Waals surface area contributed by atoms with Gasteiger partial charge in [0.1, 0.15) is 0 Å². The summed E-state index contributed by atoms with van der Waals surface area (Å²) < 4.78 is 0. The van der Waals surface area contributed by atoms with Crippen molar-refractivity contribution in [3.8, 4) is 0 Å². The number of hydrogen-bond donors (Lipinski definition) is 2. The molecule has 3 rings (SSSR count). The minimum atomic E-state index is -0.646. The molecule has 1 aliphatic heterocycles. The van der Waals surface area contributed by atoms with Crippen LogP contribution < -0.4 is 10.6 Å². The van der Waals surface area contributed by atoms with E-state index in [1.807, 2.05) is 18.2 Å². The molecule has 148 valence electrons. The fraction of sp³-hybridized carbons (Fsp3) is 0.364. The zero-order valence-electron chi connectivity index (χ0n) is 16.5. The van der Waals surface area contributed by atoms with Crippen LogP contribution in [-0.2, 0) is 9.59 Å². The molecule has 1 aliphatic rings. The zero-order valence-corrected chi connectivity index (χ0v) is 16.5. The maximum absolute atomic E-state index is 12.3. The highest BCUT2D eigenvalue weighted by Crippen LogP contribution is 2.22. The number of aryl methyl sites for hydroxylation is 1. The van der Waals surface area contributed by atoms with E-state index in [1.54, 1.807) is 12.1 Å². The van der Waals surface area contributed by atoms with Crippen LogP contribution in [-0.4, -0.2) is 61.4 Å². The molecule has 2 aromatic rings. The molecule has 2 amide bonds. The lowest BCUT2D eigenvalue weighted by atomic mass is 10.0. The second-order valence-electron chi connectivity index (χ2n) is 7.30. The Bertz CT molecular complexity index is 784. The average molecular weight is 380 g/mol. The lowest BCUT2D eigenvalue weighted by molar-refractivity contribution is -0.136. The van der Waals surface area contributed by atoms with Crippen LogP contribution in [0.15, 0.2) is 54.6 Å². The number of nitrogens with one attached hydrogen (secondary N) is 2. The number of rotatable bonds is 5. The normalized spacial score (nSPS) is 16.4. The molecular formula is C22H28N4O2. The highest BCUT2D eigenvalue weighted by Gasteiger charge is 2.25. The van der Waals surface area contributed by atoms with Crippen LogP contribution in [0.25, 0.3) is 0 Å². The first-order chi connectivity index (χ1) is 13.5. The molecule has 1 fully saturated rings. The summed E-state index contributed by atoms with van der Waals surface area (Å²) in [5, 5.41) is 5.44. The molecule has 6 nitrogen and oxygen atoms in total. The Morgan fingerprint density at radius 2 is 1.57 bits per heavy atom. The van der Waals surface area contributed by atoms with Crippen molar-refractivity contribution < 1.29 is 9.59 Å². The second kappa shape index (κ2) is 9.48. The van der Waals surface area contributed by atoms with Crippen LogP contribution in [0.1, 0.15) is 17.2 Å². The van der Waals surface area contributed by atoms with E-state index in [9.17, 15) is 9.59 Å². The number of para-hydroxylation sites is 1. The molecule has 0 spiro atoms. The predicted molar refractivity (Wildman–Crippen MR) is 111 cm³/mol. The van der Waals surface area contributed by atoms with Gasteiger partial charge in [-0.25, -0.2) is 0 Å². The summed E-state index contributed by atoms with van der Waals surface area (Å²) in [6, 6.07) is 17.4. The number of carbonyl (C=O) groups excluding carboxylic acids is 2.